The van der Waals surface area contributed by atoms with Crippen molar-refractivity contribution in [3.8, 4) is 0 Å². The summed E-state index contributed by atoms with van der Waals surface area (Å²) in [5, 5.41) is 9.43. The lowest BCUT2D eigenvalue weighted by Crippen LogP contribution is -1.82. The molecule has 0 atom stereocenters. The van der Waals surface area contributed by atoms with E-state index in [2.05, 4.69) is 50.5 Å². The highest BCUT2D eigenvalue weighted by atomic mass is 32.1. The third-order valence-electron chi connectivity index (χ3n) is 3.33. The average molecular weight is 322 g/mol. The third kappa shape index (κ3) is 4.07. The number of hydrogen-bond donors (Lipinski definition) is 0. The molecule has 0 amide bonds. The summed E-state index contributed by atoms with van der Waals surface area (Å²) < 4.78 is 0. The van der Waals surface area contributed by atoms with E-state index in [1.54, 1.807) is 17.7 Å². The van der Waals surface area contributed by atoms with E-state index in [1.807, 2.05) is 26.0 Å². The molecule has 2 heterocycles. The van der Waals surface area contributed by atoms with Gasteiger partial charge in [-0.05, 0) is 25.5 Å². The first-order valence-electron chi connectivity index (χ1n) is 7.50. The number of benzene rings is 1. The van der Waals surface area contributed by atoms with Gasteiger partial charge in [-0.2, -0.15) is 5.11 Å². The van der Waals surface area contributed by atoms with E-state index in [-0.39, 0.29) is 0 Å². The molecule has 0 saturated heterocycles. The number of azo groups is 1. The van der Waals surface area contributed by atoms with Crippen LogP contribution in [0.1, 0.15) is 24.3 Å². The molecule has 0 saturated carbocycles. The van der Waals surface area contributed by atoms with E-state index in [9.17, 15) is 0 Å². The summed E-state index contributed by atoms with van der Waals surface area (Å²) in [6, 6.07) is 12.6. The molecule has 0 aliphatic rings. The molecule has 1 aromatic carbocycles. The molecule has 0 unspecified atom stereocenters. The van der Waals surface area contributed by atoms with Crippen LogP contribution in [0.4, 0.5) is 5.82 Å². The summed E-state index contributed by atoms with van der Waals surface area (Å²) in [6.45, 7) is 4.68. The Balaban J connectivity index is 1.85. The maximum Gasteiger partial charge on any atom is 0.185 e. The average Bonchev–Trinajstić information content (AvgIpc) is 2.95. The van der Waals surface area contributed by atoms with E-state index in [0.29, 0.717) is 12.4 Å². The summed E-state index contributed by atoms with van der Waals surface area (Å²) in [6.07, 6.45) is 4.49. The first kappa shape index (κ1) is 15.5. The van der Waals surface area contributed by atoms with Crippen LogP contribution in [-0.4, -0.2) is 16.5 Å². The highest BCUT2D eigenvalue weighted by Crippen LogP contribution is 2.31. The monoisotopic (exact) mass is 322 g/mol. The highest BCUT2D eigenvalue weighted by Gasteiger charge is 2.08. The SMILES string of the molecule is CC(C)=CCN=Nc1ncnc2sc(Cc3ccccc3)cc12. The van der Waals surface area contributed by atoms with Crippen LogP contribution in [0.15, 0.2) is 64.6 Å². The molecule has 4 nitrogen and oxygen atoms in total. The molecular weight excluding hydrogens is 304 g/mol. The lowest BCUT2D eigenvalue weighted by molar-refractivity contribution is 1.03. The summed E-state index contributed by atoms with van der Waals surface area (Å²) in [5.41, 5.74) is 2.52. The molecule has 0 aliphatic heterocycles. The lowest BCUT2D eigenvalue weighted by Gasteiger charge is -1.96. The fraction of sp³-hybridized carbons (Fsp3) is 0.222. The Kier molecular flexibility index (Phi) is 4.88. The summed E-state index contributed by atoms with van der Waals surface area (Å²) in [5.74, 6) is 0.646. The molecular formula is C18H18N4S. The Morgan fingerprint density at radius 3 is 2.78 bits per heavy atom. The number of hydrogen-bond acceptors (Lipinski definition) is 5. The Morgan fingerprint density at radius 1 is 1.17 bits per heavy atom. The number of rotatable bonds is 5. The standard InChI is InChI=1S/C18H18N4S/c1-13(2)8-9-21-22-17-16-11-15(23-18(16)20-12-19-17)10-14-6-4-3-5-7-14/h3-8,11-12H,9-10H2,1-2H3. The van der Waals surface area contributed by atoms with Crippen LogP contribution in [0.3, 0.4) is 0 Å². The highest BCUT2D eigenvalue weighted by molar-refractivity contribution is 7.18. The molecule has 2 aromatic heterocycles. The second kappa shape index (κ2) is 7.24. The van der Waals surface area contributed by atoms with E-state index < -0.39 is 0 Å². The fourth-order valence-corrected chi connectivity index (χ4v) is 3.21. The third-order valence-corrected chi connectivity index (χ3v) is 4.37. The van der Waals surface area contributed by atoms with Gasteiger partial charge in [0.1, 0.15) is 11.2 Å². The van der Waals surface area contributed by atoms with Gasteiger partial charge in [0.25, 0.3) is 0 Å². The number of aromatic nitrogens is 2. The smallest absolute Gasteiger partial charge is 0.185 e. The van der Waals surface area contributed by atoms with Crippen LogP contribution in [-0.2, 0) is 6.42 Å². The van der Waals surface area contributed by atoms with Crippen LogP contribution >= 0.6 is 11.3 Å². The topological polar surface area (TPSA) is 50.5 Å². The quantitative estimate of drug-likeness (QED) is 0.471. The molecule has 23 heavy (non-hydrogen) atoms. The van der Waals surface area contributed by atoms with E-state index in [1.165, 1.54) is 16.0 Å². The minimum absolute atomic E-state index is 0.578. The van der Waals surface area contributed by atoms with Gasteiger partial charge in [-0.1, -0.05) is 42.0 Å². The number of fused-ring (bicyclic) bond motifs is 1. The van der Waals surface area contributed by atoms with Crippen molar-refractivity contribution in [2.45, 2.75) is 20.3 Å². The van der Waals surface area contributed by atoms with Crippen molar-refractivity contribution in [2.75, 3.05) is 6.54 Å². The van der Waals surface area contributed by atoms with Crippen molar-refractivity contribution in [3.63, 3.8) is 0 Å². The van der Waals surface area contributed by atoms with Gasteiger partial charge in [0.05, 0.1) is 11.9 Å². The van der Waals surface area contributed by atoms with Crippen molar-refractivity contribution >= 4 is 27.4 Å². The normalized spacial score (nSPS) is 11.2. The van der Waals surface area contributed by atoms with Gasteiger partial charge in [-0.15, -0.1) is 16.5 Å². The molecule has 0 spiro atoms. The van der Waals surface area contributed by atoms with Gasteiger partial charge in [0, 0.05) is 11.3 Å². The number of allylic oxidation sites excluding steroid dienone is 1. The van der Waals surface area contributed by atoms with Crippen molar-refractivity contribution < 1.29 is 0 Å². The number of nitrogens with zero attached hydrogens (tertiary/aromatic N) is 4. The van der Waals surface area contributed by atoms with E-state index in [4.69, 9.17) is 0 Å². The van der Waals surface area contributed by atoms with Gasteiger partial charge in [0.15, 0.2) is 5.82 Å². The fourth-order valence-electron chi connectivity index (χ4n) is 2.19. The molecule has 0 N–H and O–H groups in total. The predicted octanol–water partition coefficient (Wildman–Crippen LogP) is 5.33. The van der Waals surface area contributed by atoms with E-state index >= 15 is 0 Å². The van der Waals surface area contributed by atoms with Crippen LogP contribution in [0, 0.1) is 0 Å². The minimum Gasteiger partial charge on any atom is -0.225 e. The van der Waals surface area contributed by atoms with Gasteiger partial charge in [-0.25, -0.2) is 9.97 Å². The molecule has 0 bridgehead atoms. The molecule has 116 valence electrons. The Morgan fingerprint density at radius 2 is 2.00 bits per heavy atom. The molecule has 3 aromatic rings. The summed E-state index contributed by atoms with van der Waals surface area (Å²) in [7, 11) is 0. The summed E-state index contributed by atoms with van der Waals surface area (Å²) >= 11 is 1.69. The van der Waals surface area contributed by atoms with Gasteiger partial charge < -0.3 is 0 Å². The van der Waals surface area contributed by atoms with E-state index in [0.717, 1.165) is 16.6 Å². The van der Waals surface area contributed by atoms with Crippen molar-refractivity contribution in [1.29, 1.82) is 0 Å². The van der Waals surface area contributed by atoms with Gasteiger partial charge >= 0.3 is 0 Å². The molecule has 5 heteroatoms. The zero-order valence-electron chi connectivity index (χ0n) is 13.2. The maximum atomic E-state index is 4.35. The van der Waals surface area contributed by atoms with Gasteiger partial charge in [-0.3, -0.25) is 0 Å². The molecule has 0 aliphatic carbocycles. The first-order valence-corrected chi connectivity index (χ1v) is 8.32. The minimum atomic E-state index is 0.578. The Labute approximate surface area is 139 Å². The second-order valence-corrected chi connectivity index (χ2v) is 6.61. The zero-order chi connectivity index (χ0) is 16.1. The van der Waals surface area contributed by atoms with Gasteiger partial charge in [0.2, 0.25) is 0 Å². The predicted molar refractivity (Wildman–Crippen MR) is 95.5 cm³/mol. The van der Waals surface area contributed by atoms with Crippen LogP contribution < -0.4 is 0 Å². The second-order valence-electron chi connectivity index (χ2n) is 5.50. The lowest BCUT2D eigenvalue weighted by atomic mass is 10.1. The van der Waals surface area contributed by atoms with Crippen LogP contribution in [0.25, 0.3) is 10.2 Å². The Bertz CT molecular complexity index is 846. The van der Waals surface area contributed by atoms with Crippen molar-refractivity contribution in [2.24, 2.45) is 10.2 Å². The molecule has 3 rings (SSSR count). The van der Waals surface area contributed by atoms with Crippen molar-refractivity contribution in [3.05, 3.63) is 64.8 Å². The molecule has 0 radical (unpaired) electrons. The number of thiophene rings is 1. The van der Waals surface area contributed by atoms with Crippen molar-refractivity contribution in [1.82, 2.24) is 9.97 Å². The Hall–Kier alpha value is -2.40. The van der Waals surface area contributed by atoms with Crippen LogP contribution in [0.5, 0.6) is 0 Å². The summed E-state index contributed by atoms with van der Waals surface area (Å²) in [4.78, 5) is 10.8. The molecule has 0 fully saturated rings. The maximum absolute atomic E-state index is 4.35. The zero-order valence-corrected chi connectivity index (χ0v) is 14.0. The first-order chi connectivity index (χ1) is 11.2. The van der Waals surface area contributed by atoms with Crippen LogP contribution in [0.2, 0.25) is 0 Å². The largest absolute Gasteiger partial charge is 0.225 e.